The molecule has 0 radical (unpaired) electrons. The second-order valence-electron chi connectivity index (χ2n) is 5.88. The van der Waals surface area contributed by atoms with Crippen molar-refractivity contribution in [2.24, 2.45) is 0 Å². The zero-order valence-electron chi connectivity index (χ0n) is 12.7. The lowest BCUT2D eigenvalue weighted by Crippen LogP contribution is -2.21. The van der Waals surface area contributed by atoms with Crippen molar-refractivity contribution in [2.45, 2.75) is 51.5 Å². The van der Waals surface area contributed by atoms with Gasteiger partial charge in [-0.25, -0.2) is 4.98 Å². The van der Waals surface area contributed by atoms with Crippen molar-refractivity contribution in [1.29, 1.82) is 0 Å². The molecule has 0 atom stereocenters. The highest BCUT2D eigenvalue weighted by Crippen LogP contribution is 2.32. The molecule has 0 aliphatic heterocycles. The summed E-state index contributed by atoms with van der Waals surface area (Å²) in [5.41, 5.74) is 3.06. The lowest BCUT2D eigenvalue weighted by Gasteiger charge is -2.13. The minimum absolute atomic E-state index is 0.497. The molecule has 0 N–H and O–H groups in total. The Bertz CT molecular complexity index is 574. The van der Waals surface area contributed by atoms with Crippen LogP contribution in [0.3, 0.4) is 0 Å². The normalized spacial score (nSPS) is 16.1. The van der Waals surface area contributed by atoms with Crippen molar-refractivity contribution in [2.75, 3.05) is 13.6 Å². The molecule has 6 heteroatoms. The molecule has 21 heavy (non-hydrogen) atoms. The second-order valence-corrected chi connectivity index (χ2v) is 6.82. The molecule has 0 saturated heterocycles. The highest BCUT2D eigenvalue weighted by atomic mass is 32.1. The van der Waals surface area contributed by atoms with E-state index in [-0.39, 0.29) is 0 Å². The van der Waals surface area contributed by atoms with Crippen LogP contribution >= 0.6 is 11.3 Å². The Kier molecular flexibility index (Phi) is 4.65. The molecule has 0 spiro atoms. The highest BCUT2D eigenvalue weighted by Gasteiger charge is 2.23. The fourth-order valence-electron chi connectivity index (χ4n) is 2.85. The average molecular weight is 306 g/mol. The number of hydrogen-bond acceptors (Lipinski definition) is 6. The maximum Gasteiger partial charge on any atom is 0.229 e. The first-order chi connectivity index (χ1) is 10.2. The van der Waals surface area contributed by atoms with Crippen LogP contribution in [0, 0.1) is 6.92 Å². The third-order valence-corrected chi connectivity index (χ3v) is 5.16. The van der Waals surface area contributed by atoms with E-state index in [0.29, 0.717) is 5.92 Å². The van der Waals surface area contributed by atoms with Gasteiger partial charge < -0.3 is 4.52 Å². The summed E-state index contributed by atoms with van der Waals surface area (Å²) in [6.07, 6.45) is 6.00. The molecule has 0 unspecified atom stereocenters. The van der Waals surface area contributed by atoms with Crippen LogP contribution in [-0.2, 0) is 13.0 Å². The molecule has 114 valence electrons. The first-order valence-electron chi connectivity index (χ1n) is 7.62. The minimum atomic E-state index is 0.497. The number of aryl methyl sites for hydroxylation is 1. The van der Waals surface area contributed by atoms with Crippen LogP contribution in [0.4, 0.5) is 0 Å². The van der Waals surface area contributed by atoms with Gasteiger partial charge in [0.15, 0.2) is 5.82 Å². The SMILES string of the molecule is Cc1ncsc1CCN(C)Cc1noc(C2CCCC2)n1. The van der Waals surface area contributed by atoms with E-state index in [2.05, 4.69) is 34.0 Å². The number of hydrogen-bond donors (Lipinski definition) is 0. The van der Waals surface area contributed by atoms with Crippen molar-refractivity contribution < 1.29 is 4.52 Å². The quantitative estimate of drug-likeness (QED) is 0.820. The Balaban J connectivity index is 1.50. The molecule has 5 nitrogen and oxygen atoms in total. The number of thiazole rings is 1. The third kappa shape index (κ3) is 3.68. The Labute approximate surface area is 129 Å². The van der Waals surface area contributed by atoms with Crippen LogP contribution in [0.15, 0.2) is 10.0 Å². The Hall–Kier alpha value is -1.27. The maximum absolute atomic E-state index is 5.42. The summed E-state index contributed by atoms with van der Waals surface area (Å²) in [5.74, 6) is 2.14. The van der Waals surface area contributed by atoms with Crippen LogP contribution in [0.2, 0.25) is 0 Å². The van der Waals surface area contributed by atoms with Gasteiger partial charge in [-0.05, 0) is 33.2 Å². The van der Waals surface area contributed by atoms with Crippen LogP contribution in [-0.4, -0.2) is 33.6 Å². The fraction of sp³-hybridized carbons (Fsp3) is 0.667. The number of rotatable bonds is 6. The van der Waals surface area contributed by atoms with Gasteiger partial charge in [-0.15, -0.1) is 11.3 Å². The van der Waals surface area contributed by atoms with Crippen molar-refractivity contribution >= 4 is 11.3 Å². The molecule has 2 aromatic rings. The van der Waals surface area contributed by atoms with Gasteiger partial charge >= 0.3 is 0 Å². The van der Waals surface area contributed by atoms with E-state index in [1.807, 2.05) is 5.51 Å². The van der Waals surface area contributed by atoms with Gasteiger partial charge in [-0.3, -0.25) is 4.90 Å². The summed E-state index contributed by atoms with van der Waals surface area (Å²) in [7, 11) is 2.10. The van der Waals surface area contributed by atoms with Gasteiger partial charge in [0.1, 0.15) is 0 Å². The predicted octanol–water partition coefficient (Wildman–Crippen LogP) is 3.17. The summed E-state index contributed by atoms with van der Waals surface area (Å²) < 4.78 is 5.42. The van der Waals surface area contributed by atoms with E-state index < -0.39 is 0 Å². The van der Waals surface area contributed by atoms with Gasteiger partial charge in [0.25, 0.3) is 0 Å². The standard InChI is InChI=1S/C15H22N4OS/c1-11-13(21-10-16-11)7-8-19(2)9-14-17-15(20-18-14)12-5-3-4-6-12/h10,12H,3-9H2,1-2H3. The average Bonchev–Trinajstić information content (AvgIpc) is 3.17. The third-order valence-electron chi connectivity index (χ3n) is 4.16. The molecule has 1 saturated carbocycles. The molecule has 3 rings (SSSR count). The summed E-state index contributed by atoms with van der Waals surface area (Å²) in [4.78, 5) is 12.5. The summed E-state index contributed by atoms with van der Waals surface area (Å²) >= 11 is 1.73. The lowest BCUT2D eigenvalue weighted by atomic mass is 10.1. The van der Waals surface area contributed by atoms with E-state index in [4.69, 9.17) is 4.52 Å². The van der Waals surface area contributed by atoms with Gasteiger partial charge in [-0.2, -0.15) is 4.98 Å². The molecular formula is C15H22N4OS. The molecule has 0 amide bonds. The van der Waals surface area contributed by atoms with E-state index in [9.17, 15) is 0 Å². The molecule has 2 aromatic heterocycles. The molecule has 0 aromatic carbocycles. The summed E-state index contributed by atoms with van der Waals surface area (Å²) in [6, 6.07) is 0. The van der Waals surface area contributed by atoms with Crippen molar-refractivity contribution in [3.05, 3.63) is 27.8 Å². The number of aromatic nitrogens is 3. The predicted molar refractivity (Wildman–Crippen MR) is 82.4 cm³/mol. The zero-order chi connectivity index (χ0) is 14.7. The molecular weight excluding hydrogens is 284 g/mol. The molecule has 1 aliphatic rings. The van der Waals surface area contributed by atoms with E-state index >= 15 is 0 Å². The van der Waals surface area contributed by atoms with Crippen LogP contribution in [0.25, 0.3) is 0 Å². The van der Waals surface area contributed by atoms with Crippen LogP contribution in [0.1, 0.15) is 53.9 Å². The van der Waals surface area contributed by atoms with Crippen molar-refractivity contribution in [3.63, 3.8) is 0 Å². The van der Waals surface area contributed by atoms with Gasteiger partial charge in [0.05, 0.1) is 17.7 Å². The first-order valence-corrected chi connectivity index (χ1v) is 8.50. The van der Waals surface area contributed by atoms with E-state index in [1.54, 1.807) is 11.3 Å². The summed E-state index contributed by atoms with van der Waals surface area (Å²) in [6.45, 7) is 3.79. The van der Waals surface area contributed by atoms with Crippen molar-refractivity contribution in [3.8, 4) is 0 Å². The monoisotopic (exact) mass is 306 g/mol. The zero-order valence-corrected chi connectivity index (χ0v) is 13.5. The summed E-state index contributed by atoms with van der Waals surface area (Å²) in [5, 5.41) is 4.13. The first kappa shape index (κ1) is 14.7. The molecule has 1 aliphatic carbocycles. The molecule has 0 bridgehead atoms. The largest absolute Gasteiger partial charge is 0.339 e. The number of likely N-dealkylation sites (N-methyl/N-ethyl adjacent to an activating group) is 1. The smallest absolute Gasteiger partial charge is 0.229 e. The van der Waals surface area contributed by atoms with Gasteiger partial charge in [0.2, 0.25) is 5.89 Å². The van der Waals surface area contributed by atoms with E-state index in [0.717, 1.165) is 36.9 Å². The van der Waals surface area contributed by atoms with E-state index in [1.165, 1.54) is 30.6 Å². The maximum atomic E-state index is 5.42. The van der Waals surface area contributed by atoms with Crippen LogP contribution < -0.4 is 0 Å². The molecule has 2 heterocycles. The highest BCUT2D eigenvalue weighted by molar-refractivity contribution is 7.09. The second kappa shape index (κ2) is 6.66. The Morgan fingerprint density at radius 1 is 1.38 bits per heavy atom. The van der Waals surface area contributed by atoms with Crippen molar-refractivity contribution in [1.82, 2.24) is 20.0 Å². The van der Waals surface area contributed by atoms with Crippen LogP contribution in [0.5, 0.6) is 0 Å². The topological polar surface area (TPSA) is 55.1 Å². The minimum Gasteiger partial charge on any atom is -0.339 e. The number of nitrogens with zero attached hydrogens (tertiary/aromatic N) is 4. The van der Waals surface area contributed by atoms with Gasteiger partial charge in [-0.1, -0.05) is 18.0 Å². The Morgan fingerprint density at radius 3 is 2.90 bits per heavy atom. The lowest BCUT2D eigenvalue weighted by molar-refractivity contribution is 0.307. The fourth-order valence-corrected chi connectivity index (χ4v) is 3.62. The molecule has 1 fully saturated rings. The Morgan fingerprint density at radius 2 is 2.19 bits per heavy atom. The van der Waals surface area contributed by atoms with Gasteiger partial charge in [0, 0.05) is 17.3 Å².